The number of likely N-dealkylation sites (tertiary alicyclic amines) is 1. The van der Waals surface area contributed by atoms with Gasteiger partial charge < -0.3 is 14.6 Å². The molecule has 1 fully saturated rings. The van der Waals surface area contributed by atoms with E-state index in [1.807, 2.05) is 12.1 Å². The molecule has 1 N–H and O–H groups in total. The number of nitrogens with one attached hydrogen (secondary N) is 1. The van der Waals surface area contributed by atoms with Gasteiger partial charge in [-0.2, -0.15) is 4.98 Å². The number of methoxy groups -OCH3 is 1. The number of benzene rings is 2. The van der Waals surface area contributed by atoms with E-state index in [4.69, 9.17) is 32.5 Å². The maximum atomic E-state index is 12.6. The Morgan fingerprint density at radius 1 is 1.23 bits per heavy atom. The second kappa shape index (κ2) is 9.68. The summed E-state index contributed by atoms with van der Waals surface area (Å²) in [5.74, 6) is 1.59. The number of anilines is 1. The summed E-state index contributed by atoms with van der Waals surface area (Å²) in [6.45, 7) is 2.10. The molecule has 9 heteroatoms. The number of aromatic nitrogens is 2. The number of hydrogen-bond donors (Lipinski definition) is 1. The van der Waals surface area contributed by atoms with Crippen LogP contribution in [0.25, 0.3) is 11.4 Å². The third-order valence-corrected chi connectivity index (χ3v) is 5.82. The number of carbonyl (C=O) groups excluding carboxylic acids is 1. The van der Waals surface area contributed by atoms with Crippen LogP contribution < -0.4 is 10.1 Å². The van der Waals surface area contributed by atoms with Crippen molar-refractivity contribution in [2.24, 2.45) is 5.92 Å². The van der Waals surface area contributed by atoms with E-state index in [1.54, 1.807) is 37.4 Å². The van der Waals surface area contributed by atoms with E-state index in [1.165, 1.54) is 0 Å². The summed E-state index contributed by atoms with van der Waals surface area (Å²) in [5, 5.41) is 8.08. The van der Waals surface area contributed by atoms with Gasteiger partial charge in [-0.05, 0) is 56.3 Å². The molecule has 0 bridgehead atoms. The van der Waals surface area contributed by atoms with Crippen molar-refractivity contribution >= 4 is 34.8 Å². The highest BCUT2D eigenvalue weighted by atomic mass is 35.5. The molecule has 0 radical (unpaired) electrons. The maximum absolute atomic E-state index is 12.6. The minimum Gasteiger partial charge on any atom is -0.495 e. The van der Waals surface area contributed by atoms with Crippen molar-refractivity contribution < 1.29 is 14.1 Å². The second-order valence-corrected chi connectivity index (χ2v) is 8.25. The fourth-order valence-electron chi connectivity index (χ4n) is 3.60. The lowest BCUT2D eigenvalue weighted by Gasteiger charge is -2.30. The first-order valence-electron chi connectivity index (χ1n) is 9.97. The molecule has 2 aromatic carbocycles. The Kier molecular flexibility index (Phi) is 6.75. The summed E-state index contributed by atoms with van der Waals surface area (Å²) in [6, 6.07) is 12.6. The Bertz CT molecular complexity index is 1060. The molecule has 31 heavy (non-hydrogen) atoms. The molecule has 0 spiro atoms. The van der Waals surface area contributed by atoms with Crippen LogP contribution in [0.1, 0.15) is 18.7 Å². The molecule has 1 saturated heterocycles. The van der Waals surface area contributed by atoms with Gasteiger partial charge in [0, 0.05) is 22.2 Å². The predicted octanol–water partition coefficient (Wildman–Crippen LogP) is 4.90. The lowest BCUT2D eigenvalue weighted by Crippen LogP contribution is -2.37. The molecule has 1 amide bonds. The fourth-order valence-corrected chi connectivity index (χ4v) is 4.04. The smallest absolute Gasteiger partial charge is 0.241 e. The highest BCUT2D eigenvalue weighted by Crippen LogP contribution is 2.28. The molecular formula is C22H22Cl2N4O3. The van der Waals surface area contributed by atoms with Gasteiger partial charge in [0.15, 0.2) is 0 Å². The molecule has 3 aromatic rings. The van der Waals surface area contributed by atoms with E-state index >= 15 is 0 Å². The number of carbonyl (C=O) groups is 1. The van der Waals surface area contributed by atoms with Crippen LogP contribution in [0.15, 0.2) is 47.0 Å². The summed E-state index contributed by atoms with van der Waals surface area (Å²) in [6.07, 6.45) is 1.51. The van der Waals surface area contributed by atoms with Gasteiger partial charge in [0.1, 0.15) is 5.75 Å². The predicted molar refractivity (Wildman–Crippen MR) is 119 cm³/mol. The second-order valence-electron chi connectivity index (χ2n) is 7.41. The normalized spacial score (nSPS) is 15.1. The number of rotatable bonds is 6. The maximum Gasteiger partial charge on any atom is 0.241 e. The molecular weight excluding hydrogens is 439 g/mol. The Morgan fingerprint density at radius 3 is 2.74 bits per heavy atom. The van der Waals surface area contributed by atoms with Crippen LogP contribution in [-0.2, 0) is 11.3 Å². The van der Waals surface area contributed by atoms with Crippen LogP contribution in [0.3, 0.4) is 0 Å². The fraction of sp³-hybridized carbons (Fsp3) is 0.318. The van der Waals surface area contributed by atoms with Crippen molar-refractivity contribution in [3.8, 4) is 17.1 Å². The Morgan fingerprint density at radius 2 is 2.03 bits per heavy atom. The lowest BCUT2D eigenvalue weighted by atomic mass is 9.96. The summed E-state index contributed by atoms with van der Waals surface area (Å²) < 4.78 is 10.5. The zero-order valence-electron chi connectivity index (χ0n) is 17.0. The first-order chi connectivity index (χ1) is 15.0. The highest BCUT2D eigenvalue weighted by molar-refractivity contribution is 6.32. The van der Waals surface area contributed by atoms with E-state index in [9.17, 15) is 4.79 Å². The van der Waals surface area contributed by atoms with E-state index in [-0.39, 0.29) is 11.8 Å². The number of piperidine rings is 1. The van der Waals surface area contributed by atoms with Gasteiger partial charge in [-0.1, -0.05) is 40.5 Å². The van der Waals surface area contributed by atoms with E-state index in [0.29, 0.717) is 39.7 Å². The molecule has 0 atom stereocenters. The van der Waals surface area contributed by atoms with Gasteiger partial charge in [0.05, 0.1) is 18.7 Å². The SMILES string of the molecule is COc1ccc(NC(=O)C2CCN(Cc3nc(-c4cccc(Cl)c4)no3)CC2)cc1Cl. The summed E-state index contributed by atoms with van der Waals surface area (Å²) in [7, 11) is 1.56. The minimum absolute atomic E-state index is 0.00177. The summed E-state index contributed by atoms with van der Waals surface area (Å²) in [5.41, 5.74) is 1.48. The Balaban J connectivity index is 1.29. The van der Waals surface area contributed by atoms with Crippen LogP contribution in [-0.4, -0.2) is 41.1 Å². The standard InChI is InChI=1S/C22H22Cl2N4O3/c1-30-19-6-5-17(12-18(19)24)25-22(29)14-7-9-28(10-8-14)13-20-26-21(27-31-20)15-3-2-4-16(23)11-15/h2-6,11-12,14H,7-10,13H2,1H3,(H,25,29). The number of amides is 1. The quantitative estimate of drug-likeness (QED) is 0.563. The molecule has 1 aliphatic rings. The van der Waals surface area contributed by atoms with Crippen molar-refractivity contribution in [3.63, 3.8) is 0 Å². The van der Waals surface area contributed by atoms with Crippen molar-refractivity contribution in [2.75, 3.05) is 25.5 Å². The zero-order chi connectivity index (χ0) is 21.8. The third-order valence-electron chi connectivity index (χ3n) is 5.29. The summed E-state index contributed by atoms with van der Waals surface area (Å²) >= 11 is 12.2. The first-order valence-corrected chi connectivity index (χ1v) is 10.7. The molecule has 1 aromatic heterocycles. The number of ether oxygens (including phenoxy) is 1. The van der Waals surface area contributed by atoms with E-state index < -0.39 is 0 Å². The van der Waals surface area contributed by atoms with Gasteiger partial charge in [0.2, 0.25) is 17.6 Å². The monoisotopic (exact) mass is 460 g/mol. The molecule has 1 aliphatic heterocycles. The van der Waals surface area contributed by atoms with Gasteiger partial charge >= 0.3 is 0 Å². The average Bonchev–Trinajstić information content (AvgIpc) is 3.23. The third kappa shape index (κ3) is 5.36. The van der Waals surface area contributed by atoms with Crippen LogP contribution in [0.2, 0.25) is 10.0 Å². The topological polar surface area (TPSA) is 80.5 Å². The molecule has 0 unspecified atom stereocenters. The number of hydrogen-bond acceptors (Lipinski definition) is 6. The molecule has 7 nitrogen and oxygen atoms in total. The van der Waals surface area contributed by atoms with Crippen molar-refractivity contribution in [1.82, 2.24) is 15.0 Å². The Hall–Kier alpha value is -2.61. The largest absolute Gasteiger partial charge is 0.495 e. The molecule has 0 aliphatic carbocycles. The van der Waals surface area contributed by atoms with Gasteiger partial charge in [0.25, 0.3) is 0 Å². The molecule has 2 heterocycles. The molecule has 0 saturated carbocycles. The van der Waals surface area contributed by atoms with Crippen LogP contribution in [0, 0.1) is 5.92 Å². The van der Waals surface area contributed by atoms with Crippen LogP contribution >= 0.6 is 23.2 Å². The average molecular weight is 461 g/mol. The molecule has 162 valence electrons. The Labute approximate surface area is 190 Å². The number of nitrogens with zero attached hydrogens (tertiary/aromatic N) is 3. The molecule has 4 rings (SSSR count). The van der Waals surface area contributed by atoms with Crippen molar-refractivity contribution in [1.29, 1.82) is 0 Å². The van der Waals surface area contributed by atoms with Crippen molar-refractivity contribution in [3.05, 3.63) is 58.4 Å². The zero-order valence-corrected chi connectivity index (χ0v) is 18.5. The van der Waals surface area contributed by atoms with Crippen LogP contribution in [0.5, 0.6) is 5.75 Å². The lowest BCUT2D eigenvalue weighted by molar-refractivity contribution is -0.121. The van der Waals surface area contributed by atoms with Crippen molar-refractivity contribution in [2.45, 2.75) is 19.4 Å². The van der Waals surface area contributed by atoms with Gasteiger partial charge in [-0.3, -0.25) is 9.69 Å². The van der Waals surface area contributed by atoms with Crippen LogP contribution in [0.4, 0.5) is 5.69 Å². The van der Waals surface area contributed by atoms with E-state index in [0.717, 1.165) is 31.5 Å². The van der Waals surface area contributed by atoms with E-state index in [2.05, 4.69) is 20.4 Å². The highest BCUT2D eigenvalue weighted by Gasteiger charge is 2.26. The number of halogens is 2. The van der Waals surface area contributed by atoms with Gasteiger partial charge in [-0.15, -0.1) is 0 Å². The van der Waals surface area contributed by atoms with Gasteiger partial charge in [-0.25, -0.2) is 0 Å². The minimum atomic E-state index is -0.0539. The first kappa shape index (κ1) is 21.6. The summed E-state index contributed by atoms with van der Waals surface area (Å²) in [4.78, 5) is 19.3.